The molecule has 8 nitrogen and oxygen atoms in total. The SMILES string of the molecule is NNc1ccc([N+](=O)[O-])c(C(=O)N2CCC(CO)CC2)c1. The van der Waals surface area contributed by atoms with E-state index in [1.807, 2.05) is 0 Å². The summed E-state index contributed by atoms with van der Waals surface area (Å²) in [6.07, 6.45) is 1.40. The Morgan fingerprint density at radius 2 is 2.14 bits per heavy atom. The van der Waals surface area contributed by atoms with Crippen LogP contribution in [0, 0.1) is 16.0 Å². The lowest BCUT2D eigenvalue weighted by molar-refractivity contribution is -0.385. The second-order valence-electron chi connectivity index (χ2n) is 5.05. The third-order valence-corrected chi connectivity index (χ3v) is 3.75. The number of benzene rings is 1. The van der Waals surface area contributed by atoms with Crippen LogP contribution in [0.5, 0.6) is 0 Å². The van der Waals surface area contributed by atoms with Crippen LogP contribution in [0.3, 0.4) is 0 Å². The molecule has 1 saturated heterocycles. The predicted octanol–water partition coefficient (Wildman–Crippen LogP) is 0.725. The Hall–Kier alpha value is -2.19. The highest BCUT2D eigenvalue weighted by Crippen LogP contribution is 2.26. The number of piperidine rings is 1. The van der Waals surface area contributed by atoms with Crippen molar-refractivity contribution in [2.45, 2.75) is 12.8 Å². The van der Waals surface area contributed by atoms with Gasteiger partial charge in [-0.05, 0) is 30.9 Å². The minimum Gasteiger partial charge on any atom is -0.396 e. The molecule has 21 heavy (non-hydrogen) atoms. The normalized spacial score (nSPS) is 15.8. The zero-order valence-electron chi connectivity index (χ0n) is 11.5. The van der Waals surface area contributed by atoms with Gasteiger partial charge in [0.1, 0.15) is 5.56 Å². The second-order valence-corrected chi connectivity index (χ2v) is 5.05. The number of nitrogen functional groups attached to an aromatic ring is 1. The molecule has 1 aliphatic heterocycles. The minimum atomic E-state index is -0.575. The lowest BCUT2D eigenvalue weighted by atomic mass is 9.97. The maximum absolute atomic E-state index is 12.5. The van der Waals surface area contributed by atoms with Crippen LogP contribution in [-0.2, 0) is 0 Å². The van der Waals surface area contributed by atoms with Gasteiger partial charge in [-0.2, -0.15) is 0 Å². The summed E-state index contributed by atoms with van der Waals surface area (Å²) in [4.78, 5) is 24.5. The van der Waals surface area contributed by atoms with E-state index < -0.39 is 4.92 Å². The number of nitrogens with zero attached hydrogens (tertiary/aromatic N) is 2. The van der Waals surface area contributed by atoms with Crippen LogP contribution < -0.4 is 11.3 Å². The maximum Gasteiger partial charge on any atom is 0.282 e. The van der Waals surface area contributed by atoms with E-state index in [9.17, 15) is 14.9 Å². The predicted molar refractivity (Wildman–Crippen MR) is 76.6 cm³/mol. The number of aliphatic hydroxyl groups excluding tert-OH is 1. The molecule has 0 radical (unpaired) electrons. The van der Waals surface area contributed by atoms with Gasteiger partial charge in [0.25, 0.3) is 11.6 Å². The fourth-order valence-corrected chi connectivity index (χ4v) is 2.45. The molecule has 1 fully saturated rings. The van der Waals surface area contributed by atoms with Crippen LogP contribution in [0.25, 0.3) is 0 Å². The van der Waals surface area contributed by atoms with E-state index in [0.29, 0.717) is 31.6 Å². The molecule has 0 spiro atoms. The Kier molecular flexibility index (Phi) is 4.71. The Balaban J connectivity index is 2.23. The number of hydrogen-bond donors (Lipinski definition) is 3. The molecule has 0 aliphatic carbocycles. The summed E-state index contributed by atoms with van der Waals surface area (Å²) in [6.45, 7) is 1.08. The molecule has 0 saturated carbocycles. The van der Waals surface area contributed by atoms with Gasteiger partial charge < -0.3 is 15.4 Å². The molecule has 1 aliphatic rings. The monoisotopic (exact) mass is 294 g/mol. The lowest BCUT2D eigenvalue weighted by Gasteiger charge is -2.31. The number of anilines is 1. The first-order valence-corrected chi connectivity index (χ1v) is 6.72. The summed E-state index contributed by atoms with van der Waals surface area (Å²) >= 11 is 0. The van der Waals surface area contributed by atoms with Crippen LogP contribution >= 0.6 is 0 Å². The van der Waals surface area contributed by atoms with Crippen molar-refractivity contribution < 1.29 is 14.8 Å². The van der Waals surface area contributed by atoms with Gasteiger partial charge in [-0.25, -0.2) is 0 Å². The number of nitrogens with two attached hydrogens (primary N) is 1. The number of rotatable bonds is 4. The van der Waals surface area contributed by atoms with E-state index in [0.717, 1.165) is 0 Å². The van der Waals surface area contributed by atoms with Crippen molar-refractivity contribution in [3.63, 3.8) is 0 Å². The molecule has 1 aromatic rings. The van der Waals surface area contributed by atoms with E-state index in [-0.39, 0.29) is 29.7 Å². The van der Waals surface area contributed by atoms with Gasteiger partial charge in [0.05, 0.1) is 4.92 Å². The molecule has 8 heteroatoms. The Morgan fingerprint density at radius 1 is 1.48 bits per heavy atom. The number of amides is 1. The minimum absolute atomic E-state index is 0.0258. The van der Waals surface area contributed by atoms with Crippen molar-refractivity contribution in [3.05, 3.63) is 33.9 Å². The largest absolute Gasteiger partial charge is 0.396 e. The topological polar surface area (TPSA) is 122 Å². The average Bonchev–Trinajstić information content (AvgIpc) is 2.53. The van der Waals surface area contributed by atoms with Gasteiger partial charge >= 0.3 is 0 Å². The van der Waals surface area contributed by atoms with Gasteiger partial charge in [0.2, 0.25) is 0 Å². The molecule has 0 atom stereocenters. The van der Waals surface area contributed by atoms with E-state index in [1.54, 1.807) is 4.90 Å². The van der Waals surface area contributed by atoms with Crippen LogP contribution in [0.15, 0.2) is 18.2 Å². The second kappa shape index (κ2) is 6.51. The molecule has 2 rings (SSSR count). The Labute approximate surface area is 121 Å². The first kappa shape index (κ1) is 15.2. The Bertz CT molecular complexity index is 541. The molecule has 114 valence electrons. The molecule has 1 heterocycles. The van der Waals surface area contributed by atoms with Gasteiger partial charge in [-0.15, -0.1) is 0 Å². The quantitative estimate of drug-likeness (QED) is 0.427. The average molecular weight is 294 g/mol. The standard InChI is InChI=1S/C13H18N4O4/c14-15-10-1-2-12(17(20)21)11(7-10)13(19)16-5-3-9(8-18)4-6-16/h1-2,7,9,15,18H,3-6,8,14H2. The third kappa shape index (κ3) is 3.29. The highest BCUT2D eigenvalue weighted by atomic mass is 16.6. The van der Waals surface area contributed by atoms with Crippen molar-refractivity contribution in [3.8, 4) is 0 Å². The van der Waals surface area contributed by atoms with Crippen LogP contribution in [-0.4, -0.2) is 40.5 Å². The fourth-order valence-electron chi connectivity index (χ4n) is 2.45. The van der Waals surface area contributed by atoms with E-state index in [2.05, 4.69) is 5.43 Å². The van der Waals surface area contributed by atoms with Gasteiger partial charge in [-0.1, -0.05) is 0 Å². The highest BCUT2D eigenvalue weighted by Gasteiger charge is 2.28. The molecule has 0 unspecified atom stereocenters. The van der Waals surface area contributed by atoms with Gasteiger partial charge in [-0.3, -0.25) is 20.8 Å². The smallest absolute Gasteiger partial charge is 0.282 e. The number of hydrogen-bond acceptors (Lipinski definition) is 6. The van der Waals surface area contributed by atoms with Crippen LogP contribution in [0.4, 0.5) is 11.4 Å². The molecule has 0 bridgehead atoms. The number of carbonyl (C=O) groups excluding carboxylic acids is 1. The zero-order valence-corrected chi connectivity index (χ0v) is 11.5. The molecular formula is C13H18N4O4. The van der Waals surface area contributed by atoms with E-state index in [1.165, 1.54) is 18.2 Å². The number of aliphatic hydroxyl groups is 1. The van der Waals surface area contributed by atoms with Crippen molar-refractivity contribution in [2.24, 2.45) is 11.8 Å². The Morgan fingerprint density at radius 3 is 2.67 bits per heavy atom. The molecule has 0 aromatic heterocycles. The summed E-state index contributed by atoms with van der Waals surface area (Å²) in [5, 5.41) is 20.2. The summed E-state index contributed by atoms with van der Waals surface area (Å²) in [7, 11) is 0. The number of nitro benzene ring substituents is 1. The van der Waals surface area contributed by atoms with Crippen LogP contribution in [0.2, 0.25) is 0 Å². The number of likely N-dealkylation sites (tertiary alicyclic amines) is 1. The number of nitrogens with one attached hydrogen (secondary N) is 1. The summed E-state index contributed by atoms with van der Waals surface area (Å²) in [6, 6.07) is 4.11. The zero-order chi connectivity index (χ0) is 15.4. The fraction of sp³-hybridized carbons (Fsp3) is 0.462. The van der Waals surface area contributed by atoms with Crippen molar-refractivity contribution in [1.29, 1.82) is 0 Å². The lowest BCUT2D eigenvalue weighted by Crippen LogP contribution is -2.39. The van der Waals surface area contributed by atoms with Crippen molar-refractivity contribution in [2.75, 3.05) is 25.1 Å². The van der Waals surface area contributed by atoms with E-state index >= 15 is 0 Å². The summed E-state index contributed by atoms with van der Waals surface area (Å²) in [5.74, 6) is 5.10. The number of hydrazine groups is 1. The molecule has 1 aromatic carbocycles. The first-order chi connectivity index (χ1) is 10.1. The van der Waals surface area contributed by atoms with Crippen molar-refractivity contribution >= 4 is 17.3 Å². The van der Waals surface area contributed by atoms with Gasteiger partial charge in [0, 0.05) is 31.5 Å². The summed E-state index contributed by atoms with van der Waals surface area (Å²) in [5.41, 5.74) is 2.61. The molecular weight excluding hydrogens is 276 g/mol. The number of carbonyl (C=O) groups is 1. The van der Waals surface area contributed by atoms with Crippen molar-refractivity contribution in [1.82, 2.24) is 4.90 Å². The molecule has 4 N–H and O–H groups in total. The highest BCUT2D eigenvalue weighted by molar-refractivity contribution is 5.99. The first-order valence-electron chi connectivity index (χ1n) is 6.72. The van der Waals surface area contributed by atoms with E-state index in [4.69, 9.17) is 10.9 Å². The summed E-state index contributed by atoms with van der Waals surface area (Å²) < 4.78 is 0. The van der Waals surface area contributed by atoms with Gasteiger partial charge in [0.15, 0.2) is 0 Å². The molecule has 1 amide bonds. The third-order valence-electron chi connectivity index (χ3n) is 3.75. The van der Waals surface area contributed by atoms with Crippen LogP contribution in [0.1, 0.15) is 23.2 Å². The number of nitro groups is 1. The maximum atomic E-state index is 12.5.